The van der Waals surface area contributed by atoms with Gasteiger partial charge in [0.25, 0.3) is 11.6 Å². The molecule has 1 atom stereocenters. The van der Waals surface area contributed by atoms with Crippen LogP contribution in [0, 0.1) is 10.1 Å². The summed E-state index contributed by atoms with van der Waals surface area (Å²) in [4.78, 5) is 26.5. The van der Waals surface area contributed by atoms with Crippen molar-refractivity contribution >= 4 is 11.6 Å². The van der Waals surface area contributed by atoms with E-state index in [9.17, 15) is 33.2 Å². The number of halogens is 3. The van der Waals surface area contributed by atoms with Crippen LogP contribution in [0.15, 0.2) is 60.6 Å². The summed E-state index contributed by atoms with van der Waals surface area (Å²) in [5.74, 6) is -1.01. The fourth-order valence-electron chi connectivity index (χ4n) is 2.52. The SMILES string of the molecule is O=C(c1ccc([N+](=O)[O-])cc1)N1NC(C(F)(F)F)=CC1(O)c1ccncc1. The maximum atomic E-state index is 13.1. The molecule has 0 saturated heterocycles. The Balaban J connectivity index is 2.02. The molecule has 0 spiro atoms. The lowest BCUT2D eigenvalue weighted by atomic mass is 10.0. The quantitative estimate of drug-likeness (QED) is 0.625. The van der Waals surface area contributed by atoms with Gasteiger partial charge in [-0.05, 0) is 24.3 Å². The molecule has 27 heavy (non-hydrogen) atoms. The average Bonchev–Trinajstić information content (AvgIpc) is 3.01. The number of allylic oxidation sites excluding steroid dienone is 1. The van der Waals surface area contributed by atoms with E-state index in [-0.39, 0.29) is 16.8 Å². The summed E-state index contributed by atoms with van der Waals surface area (Å²) >= 11 is 0. The minimum Gasteiger partial charge on any atom is -0.362 e. The molecule has 2 N–H and O–H groups in total. The van der Waals surface area contributed by atoms with Gasteiger partial charge in [0.1, 0.15) is 5.70 Å². The molecule has 140 valence electrons. The highest BCUT2D eigenvalue weighted by Crippen LogP contribution is 2.38. The fourth-order valence-corrected chi connectivity index (χ4v) is 2.52. The van der Waals surface area contributed by atoms with Crippen molar-refractivity contribution in [1.29, 1.82) is 0 Å². The number of nitrogens with one attached hydrogen (secondary N) is 1. The van der Waals surface area contributed by atoms with Crippen LogP contribution in [-0.2, 0) is 5.72 Å². The number of hydrogen-bond donors (Lipinski definition) is 2. The smallest absolute Gasteiger partial charge is 0.362 e. The Morgan fingerprint density at radius 1 is 1.19 bits per heavy atom. The number of benzene rings is 1. The van der Waals surface area contributed by atoms with Gasteiger partial charge in [0.15, 0.2) is 0 Å². The standard InChI is InChI=1S/C16H11F3N4O4/c17-16(18,19)13-9-15(25,11-5-7-20-8-6-11)22(21-13)14(24)10-1-3-12(4-2-10)23(26)27/h1-9,21,25H. The molecule has 0 fully saturated rings. The monoisotopic (exact) mass is 380 g/mol. The first-order chi connectivity index (χ1) is 12.6. The van der Waals surface area contributed by atoms with Crippen molar-refractivity contribution in [3.8, 4) is 0 Å². The van der Waals surface area contributed by atoms with E-state index in [0.29, 0.717) is 11.1 Å². The first-order valence-corrected chi connectivity index (χ1v) is 7.41. The highest BCUT2D eigenvalue weighted by atomic mass is 19.4. The molecule has 1 aliphatic rings. The normalized spacial score (nSPS) is 19.4. The average molecular weight is 380 g/mol. The van der Waals surface area contributed by atoms with Crippen molar-refractivity contribution in [1.82, 2.24) is 15.4 Å². The summed E-state index contributed by atoms with van der Waals surface area (Å²) in [5, 5.41) is 22.0. The number of amides is 1. The number of nitro groups is 1. The molecule has 8 nitrogen and oxygen atoms in total. The predicted octanol–water partition coefficient (Wildman–Crippen LogP) is 2.24. The summed E-state index contributed by atoms with van der Waals surface area (Å²) < 4.78 is 39.4. The zero-order chi connectivity index (χ0) is 19.8. The summed E-state index contributed by atoms with van der Waals surface area (Å²) in [6, 6.07) is 6.75. The number of hydrazine groups is 1. The molecule has 0 bridgehead atoms. The van der Waals surface area contributed by atoms with E-state index in [1.165, 1.54) is 24.5 Å². The van der Waals surface area contributed by atoms with Crippen LogP contribution in [0.3, 0.4) is 0 Å². The second kappa shape index (κ2) is 6.36. The van der Waals surface area contributed by atoms with Crippen LogP contribution in [0.2, 0.25) is 0 Å². The lowest BCUT2D eigenvalue weighted by molar-refractivity contribution is -0.384. The predicted molar refractivity (Wildman–Crippen MR) is 84.7 cm³/mol. The first kappa shape index (κ1) is 18.3. The van der Waals surface area contributed by atoms with Gasteiger partial charge in [0.2, 0.25) is 5.72 Å². The molecule has 0 radical (unpaired) electrons. The van der Waals surface area contributed by atoms with Crippen molar-refractivity contribution in [2.45, 2.75) is 11.9 Å². The van der Waals surface area contributed by atoms with Gasteiger partial charge in [-0.1, -0.05) is 0 Å². The summed E-state index contributed by atoms with van der Waals surface area (Å²) in [6.45, 7) is 0. The second-order valence-electron chi connectivity index (χ2n) is 5.57. The van der Waals surface area contributed by atoms with E-state index in [2.05, 4.69) is 4.98 Å². The molecule has 3 rings (SSSR count). The topological polar surface area (TPSA) is 109 Å². The first-order valence-electron chi connectivity index (χ1n) is 7.41. The molecule has 1 aliphatic heterocycles. The third-order valence-corrected chi connectivity index (χ3v) is 3.86. The minimum absolute atomic E-state index is 0.0282. The highest BCUT2D eigenvalue weighted by Gasteiger charge is 2.50. The Bertz CT molecular complexity index is 916. The number of hydrogen-bond acceptors (Lipinski definition) is 6. The van der Waals surface area contributed by atoms with Crippen LogP contribution in [-0.4, -0.2) is 32.1 Å². The number of carbonyl (C=O) groups is 1. The number of carbonyl (C=O) groups excluding carboxylic acids is 1. The summed E-state index contributed by atoms with van der Waals surface area (Å²) in [5.41, 5.74) is -2.36. The number of aromatic nitrogens is 1. The van der Waals surface area contributed by atoms with Crippen LogP contribution >= 0.6 is 0 Å². The van der Waals surface area contributed by atoms with E-state index in [1.807, 2.05) is 5.43 Å². The molecule has 1 aromatic carbocycles. The zero-order valence-electron chi connectivity index (χ0n) is 13.3. The molecule has 2 aromatic rings. The van der Waals surface area contributed by atoms with E-state index >= 15 is 0 Å². The van der Waals surface area contributed by atoms with Gasteiger partial charge >= 0.3 is 6.18 Å². The van der Waals surface area contributed by atoms with Crippen LogP contribution < -0.4 is 5.43 Å². The van der Waals surface area contributed by atoms with Crippen LogP contribution in [0.4, 0.5) is 18.9 Å². The third-order valence-electron chi connectivity index (χ3n) is 3.86. The number of non-ortho nitro benzene ring substituents is 1. The van der Waals surface area contributed by atoms with Crippen molar-refractivity contribution in [3.63, 3.8) is 0 Å². The fraction of sp³-hybridized carbons (Fsp3) is 0.125. The number of nitro benzene ring substituents is 1. The number of nitrogens with zero attached hydrogens (tertiary/aromatic N) is 3. The zero-order valence-corrected chi connectivity index (χ0v) is 13.3. The molecule has 2 heterocycles. The van der Waals surface area contributed by atoms with Gasteiger partial charge in [-0.25, -0.2) is 5.01 Å². The number of aliphatic hydroxyl groups is 1. The second-order valence-corrected chi connectivity index (χ2v) is 5.57. The molecule has 0 aliphatic carbocycles. The number of alkyl halides is 3. The number of rotatable bonds is 3. The molecule has 1 unspecified atom stereocenters. The molecular weight excluding hydrogens is 369 g/mol. The van der Waals surface area contributed by atoms with Gasteiger partial charge in [-0.15, -0.1) is 0 Å². The lowest BCUT2D eigenvalue weighted by Crippen LogP contribution is -2.51. The minimum atomic E-state index is -4.84. The molecule has 11 heteroatoms. The van der Waals surface area contributed by atoms with Crippen molar-refractivity contribution in [3.05, 3.63) is 81.8 Å². The van der Waals surface area contributed by atoms with Crippen LogP contribution in [0.1, 0.15) is 15.9 Å². The summed E-state index contributed by atoms with van der Waals surface area (Å²) in [6.07, 6.45) is -1.86. The Labute approximate surface area is 149 Å². The molecule has 1 amide bonds. The van der Waals surface area contributed by atoms with E-state index in [0.717, 1.165) is 24.3 Å². The van der Waals surface area contributed by atoms with E-state index < -0.39 is 28.4 Å². The molecule has 0 saturated carbocycles. The maximum absolute atomic E-state index is 13.1. The third kappa shape index (κ3) is 3.31. The van der Waals surface area contributed by atoms with Gasteiger partial charge in [-0.2, -0.15) is 13.2 Å². The number of pyridine rings is 1. The largest absolute Gasteiger partial charge is 0.432 e. The maximum Gasteiger partial charge on any atom is 0.432 e. The van der Waals surface area contributed by atoms with Crippen LogP contribution in [0.5, 0.6) is 0 Å². The van der Waals surface area contributed by atoms with Crippen molar-refractivity contribution in [2.24, 2.45) is 0 Å². The Morgan fingerprint density at radius 3 is 2.30 bits per heavy atom. The van der Waals surface area contributed by atoms with E-state index in [4.69, 9.17) is 0 Å². The van der Waals surface area contributed by atoms with Gasteiger partial charge in [0, 0.05) is 41.7 Å². The van der Waals surface area contributed by atoms with Gasteiger partial charge in [-0.3, -0.25) is 25.3 Å². The Kier molecular flexibility index (Phi) is 4.31. The van der Waals surface area contributed by atoms with Gasteiger partial charge in [0.05, 0.1) is 4.92 Å². The van der Waals surface area contributed by atoms with Crippen molar-refractivity contribution < 1.29 is 28.0 Å². The van der Waals surface area contributed by atoms with Crippen LogP contribution in [0.25, 0.3) is 0 Å². The Hall–Kier alpha value is -3.47. The van der Waals surface area contributed by atoms with Crippen molar-refractivity contribution in [2.75, 3.05) is 0 Å². The molecular formula is C16H11F3N4O4. The Morgan fingerprint density at radius 2 is 1.78 bits per heavy atom. The van der Waals surface area contributed by atoms with E-state index in [1.54, 1.807) is 0 Å². The highest BCUT2D eigenvalue weighted by molar-refractivity contribution is 5.95. The van der Waals surface area contributed by atoms with Gasteiger partial charge < -0.3 is 5.11 Å². The molecule has 1 aromatic heterocycles. The summed E-state index contributed by atoms with van der Waals surface area (Å²) in [7, 11) is 0. The lowest BCUT2D eigenvalue weighted by Gasteiger charge is -2.32.